The van der Waals surface area contributed by atoms with Gasteiger partial charge in [-0.3, -0.25) is 4.79 Å². The average Bonchev–Trinajstić information content (AvgIpc) is 2.28. The van der Waals surface area contributed by atoms with E-state index in [0.717, 1.165) is 6.07 Å². The fourth-order valence-electron chi connectivity index (χ4n) is 1.86. The van der Waals surface area contributed by atoms with Crippen molar-refractivity contribution in [3.05, 3.63) is 29.6 Å². The van der Waals surface area contributed by atoms with Crippen molar-refractivity contribution in [2.45, 2.75) is 25.6 Å². The van der Waals surface area contributed by atoms with Crippen molar-refractivity contribution in [1.29, 1.82) is 0 Å². The van der Waals surface area contributed by atoms with Crippen molar-refractivity contribution in [2.24, 2.45) is 0 Å². The van der Waals surface area contributed by atoms with Gasteiger partial charge in [0.2, 0.25) is 0 Å². The third kappa shape index (κ3) is 2.42. The number of fused-ring (bicyclic) bond motifs is 1. The first kappa shape index (κ1) is 12.3. The van der Waals surface area contributed by atoms with Crippen molar-refractivity contribution >= 4 is 11.9 Å². The Labute approximate surface area is 102 Å². The SMILES string of the molecule is CC(=O)OC1CC(C(=O)O)Oc2ccc(F)cc21. The number of carbonyl (C=O) groups excluding carboxylic acids is 1. The molecule has 2 rings (SSSR count). The minimum Gasteiger partial charge on any atom is -0.479 e. The third-order valence-electron chi connectivity index (χ3n) is 2.60. The summed E-state index contributed by atoms with van der Waals surface area (Å²) in [5, 5.41) is 8.93. The summed E-state index contributed by atoms with van der Waals surface area (Å²) >= 11 is 0. The summed E-state index contributed by atoms with van der Waals surface area (Å²) in [5.41, 5.74) is 0.350. The van der Waals surface area contributed by atoms with Crippen molar-refractivity contribution in [3.63, 3.8) is 0 Å². The smallest absolute Gasteiger partial charge is 0.345 e. The van der Waals surface area contributed by atoms with Crippen LogP contribution in [0.5, 0.6) is 5.75 Å². The van der Waals surface area contributed by atoms with Crippen LogP contribution in [0.2, 0.25) is 0 Å². The molecule has 2 atom stereocenters. The highest BCUT2D eigenvalue weighted by Gasteiger charge is 2.34. The fourth-order valence-corrected chi connectivity index (χ4v) is 1.86. The minimum absolute atomic E-state index is 0.0363. The largest absolute Gasteiger partial charge is 0.479 e. The second-order valence-corrected chi connectivity index (χ2v) is 3.96. The van der Waals surface area contributed by atoms with Gasteiger partial charge in [-0.1, -0.05) is 0 Å². The molecular weight excluding hydrogens is 243 g/mol. The molecule has 0 aromatic heterocycles. The molecule has 96 valence electrons. The van der Waals surface area contributed by atoms with Crippen LogP contribution in [0.15, 0.2) is 18.2 Å². The summed E-state index contributed by atoms with van der Waals surface area (Å²) in [6.45, 7) is 1.21. The van der Waals surface area contributed by atoms with Gasteiger partial charge in [-0.2, -0.15) is 0 Å². The molecule has 0 radical (unpaired) electrons. The summed E-state index contributed by atoms with van der Waals surface area (Å²) in [6, 6.07) is 3.67. The van der Waals surface area contributed by atoms with Crippen molar-refractivity contribution in [1.82, 2.24) is 0 Å². The molecule has 2 unspecified atom stereocenters. The Morgan fingerprint density at radius 3 is 2.83 bits per heavy atom. The Morgan fingerprint density at radius 1 is 1.50 bits per heavy atom. The molecule has 18 heavy (non-hydrogen) atoms. The van der Waals surface area contributed by atoms with E-state index in [-0.39, 0.29) is 12.2 Å². The molecule has 0 saturated heterocycles. The summed E-state index contributed by atoms with van der Waals surface area (Å²) in [5.74, 6) is -1.98. The molecule has 0 fully saturated rings. The van der Waals surface area contributed by atoms with E-state index in [4.69, 9.17) is 14.6 Å². The first-order chi connectivity index (χ1) is 8.47. The standard InChI is InChI=1S/C12H11FO5/c1-6(14)17-10-5-11(12(15)16)18-9-3-2-7(13)4-8(9)10/h2-4,10-11H,5H2,1H3,(H,15,16). The number of hydrogen-bond acceptors (Lipinski definition) is 4. The quantitative estimate of drug-likeness (QED) is 0.812. The van der Waals surface area contributed by atoms with Crippen LogP contribution in [0.4, 0.5) is 4.39 Å². The van der Waals surface area contributed by atoms with Crippen LogP contribution in [0.25, 0.3) is 0 Å². The van der Waals surface area contributed by atoms with E-state index in [2.05, 4.69) is 0 Å². The predicted molar refractivity (Wildman–Crippen MR) is 57.6 cm³/mol. The van der Waals surface area contributed by atoms with Gasteiger partial charge < -0.3 is 14.6 Å². The molecule has 0 bridgehead atoms. The lowest BCUT2D eigenvalue weighted by atomic mass is 9.98. The van der Waals surface area contributed by atoms with Crippen molar-refractivity contribution in [2.75, 3.05) is 0 Å². The second kappa shape index (κ2) is 4.64. The van der Waals surface area contributed by atoms with Gasteiger partial charge in [0.1, 0.15) is 17.7 Å². The highest BCUT2D eigenvalue weighted by molar-refractivity contribution is 5.74. The maximum absolute atomic E-state index is 13.1. The Kier molecular flexibility index (Phi) is 3.18. The summed E-state index contributed by atoms with van der Waals surface area (Å²) in [6.07, 6.45) is -1.94. The number of esters is 1. The molecular formula is C12H11FO5. The van der Waals surface area contributed by atoms with Gasteiger partial charge in [0, 0.05) is 18.9 Å². The number of rotatable bonds is 2. The fraction of sp³-hybridized carbons (Fsp3) is 0.333. The number of carboxylic acid groups (broad SMARTS) is 1. The lowest BCUT2D eigenvalue weighted by molar-refractivity contribution is -0.156. The first-order valence-corrected chi connectivity index (χ1v) is 5.33. The molecule has 1 aliphatic heterocycles. The van der Waals surface area contributed by atoms with Gasteiger partial charge in [0.25, 0.3) is 0 Å². The normalized spacial score (nSPS) is 21.7. The molecule has 0 saturated carbocycles. The number of carboxylic acids is 1. The molecule has 1 N–H and O–H groups in total. The highest BCUT2D eigenvalue weighted by Crippen LogP contribution is 2.37. The Balaban J connectivity index is 2.37. The van der Waals surface area contributed by atoms with Crippen molar-refractivity contribution in [3.8, 4) is 5.75 Å². The summed E-state index contributed by atoms with van der Waals surface area (Å²) in [4.78, 5) is 21.9. The molecule has 0 amide bonds. The van der Waals surface area contributed by atoms with E-state index >= 15 is 0 Å². The van der Waals surface area contributed by atoms with Crippen LogP contribution in [0.1, 0.15) is 25.0 Å². The van der Waals surface area contributed by atoms with E-state index in [1.807, 2.05) is 0 Å². The maximum Gasteiger partial charge on any atom is 0.345 e. The third-order valence-corrected chi connectivity index (χ3v) is 2.60. The van der Waals surface area contributed by atoms with Crippen LogP contribution in [-0.4, -0.2) is 23.1 Å². The summed E-state index contributed by atoms with van der Waals surface area (Å²) < 4.78 is 23.4. The molecule has 0 spiro atoms. The molecule has 5 nitrogen and oxygen atoms in total. The molecule has 6 heteroatoms. The Bertz CT molecular complexity index is 499. The van der Waals surface area contributed by atoms with E-state index in [1.54, 1.807) is 0 Å². The zero-order valence-electron chi connectivity index (χ0n) is 9.55. The predicted octanol–water partition coefficient (Wildman–Crippen LogP) is 1.67. The Hall–Kier alpha value is -2.11. The number of ether oxygens (including phenoxy) is 2. The van der Waals surface area contributed by atoms with E-state index in [1.165, 1.54) is 19.1 Å². The van der Waals surface area contributed by atoms with Gasteiger partial charge in [-0.05, 0) is 18.2 Å². The van der Waals surface area contributed by atoms with Crippen LogP contribution in [-0.2, 0) is 14.3 Å². The van der Waals surface area contributed by atoms with Crippen LogP contribution in [0, 0.1) is 5.82 Å². The zero-order valence-corrected chi connectivity index (χ0v) is 9.55. The van der Waals surface area contributed by atoms with Gasteiger partial charge in [0.15, 0.2) is 6.10 Å². The first-order valence-electron chi connectivity index (χ1n) is 5.33. The average molecular weight is 254 g/mol. The van der Waals surface area contributed by atoms with E-state index in [0.29, 0.717) is 5.56 Å². The number of benzene rings is 1. The van der Waals surface area contributed by atoms with Gasteiger partial charge in [0.05, 0.1) is 0 Å². The van der Waals surface area contributed by atoms with Crippen LogP contribution < -0.4 is 4.74 Å². The maximum atomic E-state index is 13.1. The molecule has 1 aromatic rings. The highest BCUT2D eigenvalue weighted by atomic mass is 19.1. The number of halogens is 1. The lowest BCUT2D eigenvalue weighted by Crippen LogP contribution is -2.34. The second-order valence-electron chi connectivity index (χ2n) is 3.96. The summed E-state index contributed by atoms with van der Waals surface area (Å²) in [7, 11) is 0. The molecule has 1 heterocycles. The van der Waals surface area contributed by atoms with Gasteiger partial charge in [-0.25, -0.2) is 9.18 Å². The topological polar surface area (TPSA) is 72.8 Å². The number of carbonyl (C=O) groups is 2. The Morgan fingerprint density at radius 2 is 2.22 bits per heavy atom. The molecule has 0 aliphatic carbocycles. The van der Waals surface area contributed by atoms with Crippen molar-refractivity contribution < 1.29 is 28.6 Å². The van der Waals surface area contributed by atoms with E-state index in [9.17, 15) is 14.0 Å². The zero-order chi connectivity index (χ0) is 13.3. The lowest BCUT2D eigenvalue weighted by Gasteiger charge is -2.29. The minimum atomic E-state index is -1.15. The van der Waals surface area contributed by atoms with Crippen LogP contribution >= 0.6 is 0 Å². The van der Waals surface area contributed by atoms with Crippen LogP contribution in [0.3, 0.4) is 0 Å². The number of hydrogen-bond donors (Lipinski definition) is 1. The van der Waals surface area contributed by atoms with Gasteiger partial charge in [-0.15, -0.1) is 0 Å². The molecule has 1 aliphatic rings. The van der Waals surface area contributed by atoms with Gasteiger partial charge >= 0.3 is 11.9 Å². The monoisotopic (exact) mass is 254 g/mol. The van der Waals surface area contributed by atoms with E-state index < -0.39 is 30.0 Å². The molecule has 1 aromatic carbocycles. The number of aliphatic carboxylic acids is 1.